The lowest BCUT2D eigenvalue weighted by molar-refractivity contribution is 0.219. The summed E-state index contributed by atoms with van der Waals surface area (Å²) in [5.74, 6) is 0. The summed E-state index contributed by atoms with van der Waals surface area (Å²) in [4.78, 5) is 0.211. The third-order valence-corrected chi connectivity index (χ3v) is 7.71. The molecule has 5 heteroatoms. The molecule has 0 N–H and O–H groups in total. The largest absolute Gasteiger partial charge is 0.297 e. The Bertz CT molecular complexity index is 571. The highest BCUT2D eigenvalue weighted by atomic mass is 32.2. The minimum absolute atomic E-state index is 0.211. The fourth-order valence-electron chi connectivity index (χ4n) is 2.18. The van der Waals surface area contributed by atoms with Gasteiger partial charge >= 0.3 is 0 Å². The molecule has 21 heavy (non-hydrogen) atoms. The van der Waals surface area contributed by atoms with Crippen LogP contribution in [-0.2, 0) is 14.3 Å². The lowest BCUT2D eigenvalue weighted by Gasteiger charge is -2.28. The minimum atomic E-state index is -3.69. The molecule has 1 rings (SSSR count). The normalized spacial score (nSPS) is 15.5. The molecule has 0 aliphatic heterocycles. The van der Waals surface area contributed by atoms with Gasteiger partial charge in [0, 0.05) is 0 Å². The number of rotatable bonds is 7. The minimum Gasteiger partial charge on any atom is -0.263 e. The Morgan fingerprint density at radius 3 is 2.19 bits per heavy atom. The quantitative estimate of drug-likeness (QED) is 0.424. The molecular formula is C16H26O3SSi. The van der Waals surface area contributed by atoms with Gasteiger partial charge < -0.3 is 0 Å². The molecule has 0 amide bonds. The lowest BCUT2D eigenvalue weighted by Crippen LogP contribution is -2.30. The Kier molecular flexibility index (Phi) is 5.96. The van der Waals surface area contributed by atoms with Crippen LogP contribution in [0.2, 0.25) is 25.2 Å². The highest BCUT2D eigenvalue weighted by molar-refractivity contribution is 7.86. The van der Waals surface area contributed by atoms with E-state index in [0.29, 0.717) is 12.0 Å². The van der Waals surface area contributed by atoms with Gasteiger partial charge in [-0.15, -0.1) is 6.58 Å². The van der Waals surface area contributed by atoms with E-state index in [0.717, 1.165) is 5.56 Å². The van der Waals surface area contributed by atoms with Crippen molar-refractivity contribution in [2.45, 2.75) is 56.4 Å². The van der Waals surface area contributed by atoms with Crippen LogP contribution in [0.4, 0.5) is 0 Å². The highest BCUT2D eigenvalue weighted by Crippen LogP contribution is 2.29. The Balaban J connectivity index is 2.79. The molecule has 118 valence electrons. The molecule has 1 aromatic rings. The molecule has 0 aromatic heterocycles. The standard InChI is InChI=1S/C16H26O3SSi/c1-7-16(21(4,5)6)12-14(3)19-20(17,18)15-10-8-13(2)9-11-15/h7-11,14,16H,1,12H2,2-6H3. The zero-order valence-electron chi connectivity index (χ0n) is 13.6. The molecule has 0 saturated heterocycles. The van der Waals surface area contributed by atoms with Gasteiger partial charge in [0.15, 0.2) is 0 Å². The van der Waals surface area contributed by atoms with Gasteiger partial charge in [0.2, 0.25) is 0 Å². The molecule has 0 aliphatic rings. The maximum Gasteiger partial charge on any atom is 0.297 e. The van der Waals surface area contributed by atoms with E-state index in [4.69, 9.17) is 4.18 Å². The molecule has 3 nitrogen and oxygen atoms in total. The molecule has 0 fully saturated rings. The number of benzene rings is 1. The number of hydrogen-bond donors (Lipinski definition) is 0. The van der Waals surface area contributed by atoms with Crippen molar-refractivity contribution >= 4 is 18.2 Å². The van der Waals surface area contributed by atoms with Crippen LogP contribution in [0.3, 0.4) is 0 Å². The summed E-state index contributed by atoms with van der Waals surface area (Å²) in [5, 5.41) is 0. The van der Waals surface area contributed by atoms with Gasteiger partial charge in [0.1, 0.15) is 0 Å². The van der Waals surface area contributed by atoms with Gasteiger partial charge in [-0.3, -0.25) is 4.18 Å². The van der Waals surface area contributed by atoms with Crippen LogP contribution < -0.4 is 0 Å². The van der Waals surface area contributed by atoms with Crippen molar-refractivity contribution in [2.75, 3.05) is 0 Å². The third kappa shape index (κ3) is 5.41. The average Bonchev–Trinajstić information content (AvgIpc) is 2.34. The van der Waals surface area contributed by atoms with E-state index < -0.39 is 18.2 Å². The van der Waals surface area contributed by atoms with Crippen molar-refractivity contribution in [3.8, 4) is 0 Å². The zero-order valence-corrected chi connectivity index (χ0v) is 15.4. The summed E-state index contributed by atoms with van der Waals surface area (Å²) in [5.41, 5.74) is 1.35. The predicted molar refractivity (Wildman–Crippen MR) is 90.8 cm³/mol. The second-order valence-electron chi connectivity index (χ2n) is 6.62. The Labute approximate surface area is 130 Å². The van der Waals surface area contributed by atoms with Crippen LogP contribution in [0.15, 0.2) is 41.8 Å². The van der Waals surface area contributed by atoms with E-state index in [9.17, 15) is 8.42 Å². The topological polar surface area (TPSA) is 43.4 Å². The first kappa shape index (κ1) is 18.1. The Morgan fingerprint density at radius 2 is 1.76 bits per heavy atom. The van der Waals surface area contributed by atoms with E-state index in [2.05, 4.69) is 26.2 Å². The molecule has 2 unspecified atom stereocenters. The second kappa shape index (κ2) is 6.90. The fraction of sp³-hybridized carbons (Fsp3) is 0.500. The number of allylic oxidation sites excluding steroid dienone is 1. The van der Waals surface area contributed by atoms with E-state index >= 15 is 0 Å². The van der Waals surface area contributed by atoms with Crippen LogP contribution in [0.1, 0.15) is 18.9 Å². The van der Waals surface area contributed by atoms with Crippen LogP contribution in [-0.4, -0.2) is 22.6 Å². The maximum absolute atomic E-state index is 12.2. The molecule has 0 spiro atoms. The number of aryl methyl sites for hydroxylation is 1. The molecular weight excluding hydrogens is 300 g/mol. The molecule has 2 atom stereocenters. The van der Waals surface area contributed by atoms with Crippen LogP contribution in [0.25, 0.3) is 0 Å². The molecule has 1 aromatic carbocycles. The number of hydrogen-bond acceptors (Lipinski definition) is 3. The van der Waals surface area contributed by atoms with Crippen molar-refractivity contribution in [2.24, 2.45) is 0 Å². The summed E-state index contributed by atoms with van der Waals surface area (Å²) in [6.07, 6.45) is 2.26. The summed E-state index contributed by atoms with van der Waals surface area (Å²) >= 11 is 0. The van der Waals surface area contributed by atoms with Crippen molar-refractivity contribution in [3.63, 3.8) is 0 Å². The zero-order chi connectivity index (χ0) is 16.3. The first-order valence-corrected chi connectivity index (χ1v) is 12.2. The van der Waals surface area contributed by atoms with Crippen molar-refractivity contribution in [3.05, 3.63) is 42.5 Å². The molecule has 0 aliphatic carbocycles. The summed E-state index contributed by atoms with van der Waals surface area (Å²) in [7, 11) is -5.10. The smallest absolute Gasteiger partial charge is 0.263 e. The first-order chi connectivity index (χ1) is 9.56. The van der Waals surface area contributed by atoms with E-state index in [1.807, 2.05) is 19.9 Å². The Morgan fingerprint density at radius 1 is 1.24 bits per heavy atom. The molecule has 0 bridgehead atoms. The van der Waals surface area contributed by atoms with Crippen LogP contribution in [0.5, 0.6) is 0 Å². The second-order valence-corrected chi connectivity index (χ2v) is 13.7. The van der Waals surface area contributed by atoms with Crippen molar-refractivity contribution in [1.82, 2.24) is 0 Å². The van der Waals surface area contributed by atoms with Gasteiger partial charge in [-0.05, 0) is 37.9 Å². The van der Waals surface area contributed by atoms with E-state index in [-0.39, 0.29) is 11.0 Å². The monoisotopic (exact) mass is 326 g/mol. The lowest BCUT2D eigenvalue weighted by atomic mass is 10.2. The first-order valence-electron chi connectivity index (χ1n) is 7.19. The third-order valence-electron chi connectivity index (χ3n) is 3.58. The molecule has 0 saturated carbocycles. The van der Waals surface area contributed by atoms with Gasteiger partial charge in [-0.25, -0.2) is 0 Å². The molecule has 0 radical (unpaired) electrons. The predicted octanol–water partition coefficient (Wildman–Crippen LogP) is 4.37. The van der Waals surface area contributed by atoms with Crippen molar-refractivity contribution < 1.29 is 12.6 Å². The van der Waals surface area contributed by atoms with E-state index in [1.165, 1.54) is 0 Å². The SMILES string of the molecule is C=CC(CC(C)OS(=O)(=O)c1ccc(C)cc1)[Si](C)(C)C. The van der Waals surface area contributed by atoms with Gasteiger partial charge in [-0.2, -0.15) is 8.42 Å². The average molecular weight is 327 g/mol. The Hall–Kier alpha value is -0.913. The van der Waals surface area contributed by atoms with Crippen molar-refractivity contribution in [1.29, 1.82) is 0 Å². The molecule has 0 heterocycles. The van der Waals surface area contributed by atoms with Crippen LogP contribution in [0, 0.1) is 6.92 Å². The van der Waals surface area contributed by atoms with Crippen LogP contribution >= 0.6 is 0 Å². The maximum atomic E-state index is 12.2. The summed E-state index contributed by atoms with van der Waals surface area (Å²) in [6.45, 7) is 14.4. The van der Waals surface area contributed by atoms with Gasteiger partial charge in [-0.1, -0.05) is 43.4 Å². The summed E-state index contributed by atoms with van der Waals surface area (Å²) < 4.78 is 29.8. The fourth-order valence-corrected chi connectivity index (χ4v) is 5.01. The summed E-state index contributed by atoms with van der Waals surface area (Å²) in [6, 6.07) is 6.72. The van der Waals surface area contributed by atoms with Gasteiger partial charge in [0.25, 0.3) is 10.1 Å². The van der Waals surface area contributed by atoms with Gasteiger partial charge in [0.05, 0.1) is 19.1 Å². The highest BCUT2D eigenvalue weighted by Gasteiger charge is 2.28. The van der Waals surface area contributed by atoms with E-state index in [1.54, 1.807) is 24.3 Å².